The van der Waals surface area contributed by atoms with Crippen LogP contribution in [0.1, 0.15) is 11.4 Å². The van der Waals surface area contributed by atoms with E-state index in [1.54, 1.807) is 18.6 Å². The molecular formula is C13H14N6. The normalized spacial score (nSPS) is 10.8. The van der Waals surface area contributed by atoms with Crippen molar-refractivity contribution in [2.24, 2.45) is 0 Å². The molecule has 6 nitrogen and oxygen atoms in total. The lowest BCUT2D eigenvalue weighted by atomic mass is 10.2. The summed E-state index contributed by atoms with van der Waals surface area (Å²) >= 11 is 0. The van der Waals surface area contributed by atoms with Crippen LogP contribution in [-0.2, 0) is 6.54 Å². The van der Waals surface area contributed by atoms with Gasteiger partial charge in [-0.3, -0.25) is 9.38 Å². The van der Waals surface area contributed by atoms with Gasteiger partial charge in [0.15, 0.2) is 5.82 Å². The maximum Gasteiger partial charge on any atom is 0.203 e. The van der Waals surface area contributed by atoms with Gasteiger partial charge in [0.1, 0.15) is 5.82 Å². The third kappa shape index (κ3) is 2.12. The first-order chi connectivity index (χ1) is 9.25. The zero-order chi connectivity index (χ0) is 13.2. The summed E-state index contributed by atoms with van der Waals surface area (Å²) in [5, 5.41) is 8.26. The van der Waals surface area contributed by atoms with Gasteiger partial charge in [-0.25, -0.2) is 4.98 Å². The Hall–Kier alpha value is -2.50. The van der Waals surface area contributed by atoms with Crippen molar-refractivity contribution in [3.05, 3.63) is 48.3 Å². The van der Waals surface area contributed by atoms with Gasteiger partial charge in [-0.05, 0) is 24.6 Å². The van der Waals surface area contributed by atoms with Crippen molar-refractivity contribution in [2.75, 3.05) is 11.9 Å². The van der Waals surface area contributed by atoms with Crippen molar-refractivity contribution >= 4 is 11.5 Å². The number of rotatable bonds is 3. The van der Waals surface area contributed by atoms with Crippen LogP contribution in [0.5, 0.6) is 0 Å². The van der Waals surface area contributed by atoms with Gasteiger partial charge >= 0.3 is 0 Å². The van der Waals surface area contributed by atoms with Crippen LogP contribution >= 0.6 is 0 Å². The highest BCUT2D eigenvalue weighted by molar-refractivity contribution is 5.63. The van der Waals surface area contributed by atoms with Crippen LogP contribution in [-0.4, -0.2) is 31.6 Å². The first kappa shape index (κ1) is 11.6. The summed E-state index contributed by atoms with van der Waals surface area (Å²) in [6, 6.07) is 3.98. The topological polar surface area (TPSA) is 59.2 Å². The Morgan fingerprint density at radius 2 is 1.95 bits per heavy atom. The average Bonchev–Trinajstić information content (AvgIpc) is 2.82. The van der Waals surface area contributed by atoms with Crippen molar-refractivity contribution in [2.45, 2.75) is 13.5 Å². The fraction of sp³-hybridized carbons (Fsp3) is 0.231. The maximum absolute atomic E-state index is 4.40. The standard InChI is InChI=1S/C13H14N6/c1-10-16-17-13-12(15-7-8-19(10)13)18(2)9-11-3-5-14-6-4-11/h3-8H,9H2,1-2H3. The Morgan fingerprint density at radius 3 is 2.74 bits per heavy atom. The lowest BCUT2D eigenvalue weighted by Crippen LogP contribution is -2.18. The molecule has 0 unspecified atom stereocenters. The van der Waals surface area contributed by atoms with Gasteiger partial charge in [0, 0.05) is 38.4 Å². The van der Waals surface area contributed by atoms with Crippen LogP contribution in [0.15, 0.2) is 36.9 Å². The van der Waals surface area contributed by atoms with Gasteiger partial charge in [0.2, 0.25) is 5.65 Å². The van der Waals surface area contributed by atoms with Gasteiger partial charge in [0.25, 0.3) is 0 Å². The summed E-state index contributed by atoms with van der Waals surface area (Å²) in [7, 11) is 1.99. The van der Waals surface area contributed by atoms with Gasteiger partial charge in [-0.15, -0.1) is 10.2 Å². The van der Waals surface area contributed by atoms with E-state index in [0.29, 0.717) is 0 Å². The first-order valence-corrected chi connectivity index (χ1v) is 6.02. The van der Waals surface area contributed by atoms with E-state index in [4.69, 9.17) is 0 Å². The molecular weight excluding hydrogens is 240 g/mol. The molecule has 96 valence electrons. The fourth-order valence-corrected chi connectivity index (χ4v) is 2.03. The Labute approximate surface area is 110 Å². The molecule has 0 N–H and O–H groups in total. The van der Waals surface area contributed by atoms with E-state index in [2.05, 4.69) is 25.1 Å². The Bertz CT molecular complexity index is 691. The molecule has 0 amide bonds. The van der Waals surface area contributed by atoms with E-state index in [1.807, 2.05) is 36.7 Å². The molecule has 3 aromatic rings. The van der Waals surface area contributed by atoms with E-state index >= 15 is 0 Å². The monoisotopic (exact) mass is 254 g/mol. The molecule has 0 atom stereocenters. The van der Waals surface area contributed by atoms with Crippen LogP contribution in [0.4, 0.5) is 5.82 Å². The van der Waals surface area contributed by atoms with Crippen molar-refractivity contribution < 1.29 is 0 Å². The van der Waals surface area contributed by atoms with Crippen LogP contribution in [0, 0.1) is 6.92 Å². The second kappa shape index (κ2) is 4.64. The average molecular weight is 254 g/mol. The summed E-state index contributed by atoms with van der Waals surface area (Å²) in [4.78, 5) is 10.5. The smallest absolute Gasteiger partial charge is 0.203 e. The highest BCUT2D eigenvalue weighted by atomic mass is 15.3. The quantitative estimate of drug-likeness (QED) is 0.708. The van der Waals surface area contributed by atoms with E-state index in [0.717, 1.165) is 23.8 Å². The number of fused-ring (bicyclic) bond motifs is 1. The van der Waals surface area contributed by atoms with Crippen molar-refractivity contribution in [3.63, 3.8) is 0 Å². The molecule has 0 aliphatic carbocycles. The fourth-order valence-electron chi connectivity index (χ4n) is 2.03. The second-order valence-corrected chi connectivity index (χ2v) is 4.40. The molecule has 6 heteroatoms. The molecule has 3 aromatic heterocycles. The van der Waals surface area contributed by atoms with Gasteiger partial charge in [0.05, 0.1) is 0 Å². The van der Waals surface area contributed by atoms with Gasteiger partial charge in [-0.2, -0.15) is 0 Å². The van der Waals surface area contributed by atoms with Crippen LogP contribution < -0.4 is 4.90 Å². The van der Waals surface area contributed by atoms with Gasteiger partial charge in [-0.1, -0.05) is 0 Å². The van der Waals surface area contributed by atoms with Crippen molar-refractivity contribution in [1.82, 2.24) is 24.6 Å². The minimum atomic E-state index is 0.751. The number of pyridine rings is 1. The zero-order valence-corrected chi connectivity index (χ0v) is 10.9. The zero-order valence-electron chi connectivity index (χ0n) is 10.9. The van der Waals surface area contributed by atoms with E-state index in [-0.39, 0.29) is 0 Å². The van der Waals surface area contributed by atoms with E-state index < -0.39 is 0 Å². The molecule has 19 heavy (non-hydrogen) atoms. The molecule has 0 radical (unpaired) electrons. The number of hydrogen-bond donors (Lipinski definition) is 0. The molecule has 0 aromatic carbocycles. The maximum atomic E-state index is 4.40. The predicted octanol–water partition coefficient (Wildman–Crippen LogP) is 1.46. The number of nitrogens with zero attached hydrogens (tertiary/aromatic N) is 6. The molecule has 3 rings (SSSR count). The van der Waals surface area contributed by atoms with Crippen LogP contribution in [0.2, 0.25) is 0 Å². The Morgan fingerprint density at radius 1 is 1.16 bits per heavy atom. The highest BCUT2D eigenvalue weighted by Gasteiger charge is 2.11. The van der Waals surface area contributed by atoms with Gasteiger partial charge < -0.3 is 4.90 Å². The summed E-state index contributed by atoms with van der Waals surface area (Å²) in [6.07, 6.45) is 7.22. The molecule has 0 aliphatic rings. The SMILES string of the molecule is Cc1nnc2c(N(C)Cc3ccncc3)nccn12. The number of aryl methyl sites for hydroxylation is 1. The molecule has 0 bridgehead atoms. The lowest BCUT2D eigenvalue weighted by molar-refractivity contribution is 0.887. The summed E-state index contributed by atoms with van der Waals surface area (Å²) < 4.78 is 1.94. The minimum absolute atomic E-state index is 0.751. The van der Waals surface area contributed by atoms with Crippen LogP contribution in [0.25, 0.3) is 5.65 Å². The Kier molecular flexibility index (Phi) is 2.83. The molecule has 0 saturated carbocycles. The summed E-state index contributed by atoms with van der Waals surface area (Å²) in [5.41, 5.74) is 1.95. The molecule has 0 aliphatic heterocycles. The van der Waals surface area contributed by atoms with E-state index in [1.165, 1.54) is 5.56 Å². The highest BCUT2D eigenvalue weighted by Crippen LogP contribution is 2.17. The third-order valence-corrected chi connectivity index (χ3v) is 3.01. The lowest BCUT2D eigenvalue weighted by Gasteiger charge is -2.18. The summed E-state index contributed by atoms with van der Waals surface area (Å²) in [5.74, 6) is 1.68. The number of anilines is 1. The largest absolute Gasteiger partial charge is 0.352 e. The predicted molar refractivity (Wildman–Crippen MR) is 71.9 cm³/mol. The first-order valence-electron chi connectivity index (χ1n) is 6.02. The second-order valence-electron chi connectivity index (χ2n) is 4.40. The molecule has 0 fully saturated rings. The van der Waals surface area contributed by atoms with Crippen LogP contribution in [0.3, 0.4) is 0 Å². The number of hydrogen-bond acceptors (Lipinski definition) is 5. The minimum Gasteiger partial charge on any atom is -0.352 e. The van der Waals surface area contributed by atoms with Crippen molar-refractivity contribution in [1.29, 1.82) is 0 Å². The summed E-state index contributed by atoms with van der Waals surface area (Å²) in [6.45, 7) is 2.67. The number of aromatic nitrogens is 5. The Balaban J connectivity index is 1.96. The van der Waals surface area contributed by atoms with Crippen molar-refractivity contribution in [3.8, 4) is 0 Å². The molecule has 0 spiro atoms. The molecule has 3 heterocycles. The molecule has 0 saturated heterocycles. The third-order valence-electron chi connectivity index (χ3n) is 3.01. The van der Waals surface area contributed by atoms with E-state index in [9.17, 15) is 0 Å².